The van der Waals surface area contributed by atoms with Gasteiger partial charge in [0.15, 0.2) is 0 Å². The summed E-state index contributed by atoms with van der Waals surface area (Å²) in [4.78, 5) is 17.3. The Morgan fingerprint density at radius 2 is 1.70 bits per heavy atom. The molecule has 0 radical (unpaired) electrons. The predicted octanol–water partition coefficient (Wildman–Crippen LogP) is 3.11. The Morgan fingerprint density at radius 1 is 1.03 bits per heavy atom. The second-order valence-corrected chi connectivity index (χ2v) is 8.51. The number of carbonyl (C=O) groups is 1. The minimum atomic E-state index is 0. The maximum atomic E-state index is 12.8. The molecule has 1 N–H and O–H groups in total. The summed E-state index contributed by atoms with van der Waals surface area (Å²) in [7, 11) is 3.39. The van der Waals surface area contributed by atoms with Crippen LogP contribution in [0.4, 0.5) is 0 Å². The zero-order valence-electron chi connectivity index (χ0n) is 18.0. The number of hydrogen-bond acceptors (Lipinski definition) is 5. The maximum Gasteiger partial charge on any atom is 0.222 e. The highest BCUT2D eigenvalue weighted by atomic mass is 35.5. The zero-order valence-corrected chi connectivity index (χ0v) is 19.6. The van der Waals surface area contributed by atoms with E-state index in [1.165, 1.54) is 25.7 Å². The Hall–Kier alpha value is -1.21. The standard InChI is InChI=1S/C22H33N3O3.2ClH/c1-27-20-5-6-21(28-2)17(14-20)15-24-7-9-25(10-8-24)22(26)13-16-11-18-3-4-19(12-16)23-18;;/h5-6,14,16,18-19,23H,3-4,7-13,15H2,1-2H3;2*1H. The van der Waals surface area contributed by atoms with Crippen LogP contribution in [0.3, 0.4) is 0 Å². The first-order chi connectivity index (χ1) is 13.6. The van der Waals surface area contributed by atoms with Gasteiger partial charge in [-0.3, -0.25) is 9.69 Å². The normalized spacial score (nSPS) is 25.8. The van der Waals surface area contributed by atoms with Gasteiger partial charge in [0.05, 0.1) is 14.2 Å². The van der Waals surface area contributed by atoms with Gasteiger partial charge < -0.3 is 19.7 Å². The van der Waals surface area contributed by atoms with Crippen LogP contribution in [0.2, 0.25) is 0 Å². The minimum absolute atomic E-state index is 0. The Labute approximate surface area is 192 Å². The predicted molar refractivity (Wildman–Crippen MR) is 123 cm³/mol. The van der Waals surface area contributed by atoms with E-state index in [9.17, 15) is 4.79 Å². The highest BCUT2D eigenvalue weighted by Crippen LogP contribution is 2.33. The average Bonchev–Trinajstić information content (AvgIpc) is 3.06. The summed E-state index contributed by atoms with van der Waals surface area (Å²) < 4.78 is 10.9. The van der Waals surface area contributed by atoms with E-state index in [2.05, 4.69) is 15.1 Å². The first-order valence-corrected chi connectivity index (χ1v) is 10.6. The summed E-state index contributed by atoms with van der Waals surface area (Å²) in [6.07, 6.45) is 5.68. The molecule has 30 heavy (non-hydrogen) atoms. The number of piperazine rings is 1. The van der Waals surface area contributed by atoms with Crippen LogP contribution in [0, 0.1) is 5.92 Å². The lowest BCUT2D eigenvalue weighted by Gasteiger charge is -2.36. The number of rotatable bonds is 6. The molecule has 0 aliphatic carbocycles. The largest absolute Gasteiger partial charge is 0.497 e. The highest BCUT2D eigenvalue weighted by Gasteiger charge is 2.35. The van der Waals surface area contributed by atoms with Gasteiger partial charge in [0, 0.05) is 56.8 Å². The number of fused-ring (bicyclic) bond motifs is 2. The molecule has 1 amide bonds. The van der Waals surface area contributed by atoms with Crippen molar-refractivity contribution in [1.82, 2.24) is 15.1 Å². The summed E-state index contributed by atoms with van der Waals surface area (Å²) >= 11 is 0. The lowest BCUT2D eigenvalue weighted by molar-refractivity contribution is -0.134. The number of methoxy groups -OCH3 is 2. The molecule has 3 heterocycles. The molecule has 0 spiro atoms. The quantitative estimate of drug-likeness (QED) is 0.707. The molecule has 1 aromatic carbocycles. The van der Waals surface area contributed by atoms with Crippen molar-refractivity contribution in [3.05, 3.63) is 23.8 Å². The van der Waals surface area contributed by atoms with Gasteiger partial charge in [0.25, 0.3) is 0 Å². The third-order valence-corrected chi connectivity index (χ3v) is 6.64. The number of amides is 1. The number of halogens is 2. The zero-order chi connectivity index (χ0) is 19.5. The summed E-state index contributed by atoms with van der Waals surface area (Å²) in [5, 5.41) is 3.67. The molecule has 3 aliphatic heterocycles. The van der Waals surface area contributed by atoms with Gasteiger partial charge in [-0.2, -0.15) is 0 Å². The first-order valence-electron chi connectivity index (χ1n) is 10.6. The first kappa shape index (κ1) is 25.1. The molecule has 1 aromatic rings. The fraction of sp³-hybridized carbons (Fsp3) is 0.682. The molecule has 170 valence electrons. The number of nitrogens with zero attached hydrogens (tertiary/aromatic N) is 2. The van der Waals surface area contributed by atoms with E-state index in [0.29, 0.717) is 23.9 Å². The second kappa shape index (κ2) is 11.4. The number of nitrogens with one attached hydrogen (secondary N) is 1. The summed E-state index contributed by atoms with van der Waals surface area (Å²) in [6.45, 7) is 4.28. The van der Waals surface area contributed by atoms with E-state index < -0.39 is 0 Å². The molecule has 3 saturated heterocycles. The molecule has 6 nitrogen and oxygen atoms in total. The minimum Gasteiger partial charge on any atom is -0.497 e. The van der Waals surface area contributed by atoms with Crippen molar-refractivity contribution >= 4 is 30.7 Å². The van der Waals surface area contributed by atoms with Crippen molar-refractivity contribution in [1.29, 1.82) is 0 Å². The molecule has 0 saturated carbocycles. The van der Waals surface area contributed by atoms with E-state index in [1.54, 1.807) is 14.2 Å². The monoisotopic (exact) mass is 459 g/mol. The van der Waals surface area contributed by atoms with Crippen LogP contribution in [0.5, 0.6) is 11.5 Å². The Balaban J connectivity index is 0.00000160. The number of hydrogen-bond donors (Lipinski definition) is 1. The number of carbonyl (C=O) groups excluding carboxylic acids is 1. The topological polar surface area (TPSA) is 54.0 Å². The summed E-state index contributed by atoms with van der Waals surface area (Å²) in [5.41, 5.74) is 1.13. The van der Waals surface area contributed by atoms with Gasteiger partial charge >= 0.3 is 0 Å². The van der Waals surface area contributed by atoms with Crippen LogP contribution in [0.1, 0.15) is 37.7 Å². The van der Waals surface area contributed by atoms with Gasteiger partial charge in [0.2, 0.25) is 5.91 Å². The van der Waals surface area contributed by atoms with Gasteiger partial charge in [-0.15, -0.1) is 24.8 Å². The maximum absolute atomic E-state index is 12.8. The molecular weight excluding hydrogens is 425 g/mol. The van der Waals surface area contributed by atoms with E-state index in [0.717, 1.165) is 56.2 Å². The SMILES string of the molecule is COc1ccc(OC)c(CN2CCN(C(=O)CC3CC4CCC(C3)N4)CC2)c1.Cl.Cl. The van der Waals surface area contributed by atoms with Gasteiger partial charge in [-0.1, -0.05) is 0 Å². The lowest BCUT2D eigenvalue weighted by Crippen LogP contribution is -2.49. The summed E-state index contributed by atoms with van der Waals surface area (Å²) in [6, 6.07) is 7.24. The Morgan fingerprint density at radius 3 is 2.30 bits per heavy atom. The van der Waals surface area contributed by atoms with Crippen molar-refractivity contribution < 1.29 is 14.3 Å². The Kier molecular flexibility index (Phi) is 9.54. The molecule has 2 bridgehead atoms. The molecule has 3 aliphatic rings. The van der Waals surface area contributed by atoms with E-state index >= 15 is 0 Å². The number of ether oxygens (including phenoxy) is 2. The molecule has 8 heteroatoms. The molecule has 0 aromatic heterocycles. The van der Waals surface area contributed by atoms with Crippen molar-refractivity contribution in [2.24, 2.45) is 5.92 Å². The molecule has 3 fully saturated rings. The van der Waals surface area contributed by atoms with Crippen molar-refractivity contribution in [3.8, 4) is 11.5 Å². The van der Waals surface area contributed by atoms with Gasteiger partial charge in [-0.25, -0.2) is 0 Å². The third kappa shape index (κ3) is 5.94. The lowest BCUT2D eigenvalue weighted by atomic mass is 9.89. The van der Waals surface area contributed by atoms with Crippen LogP contribution in [-0.4, -0.2) is 68.2 Å². The third-order valence-electron chi connectivity index (χ3n) is 6.64. The van der Waals surface area contributed by atoms with E-state index in [4.69, 9.17) is 9.47 Å². The van der Waals surface area contributed by atoms with Gasteiger partial charge in [-0.05, 0) is 49.8 Å². The van der Waals surface area contributed by atoms with Crippen LogP contribution in [0.15, 0.2) is 18.2 Å². The van der Waals surface area contributed by atoms with E-state index in [-0.39, 0.29) is 24.8 Å². The van der Waals surface area contributed by atoms with Gasteiger partial charge in [0.1, 0.15) is 11.5 Å². The van der Waals surface area contributed by atoms with Crippen molar-refractivity contribution in [3.63, 3.8) is 0 Å². The molecule has 4 rings (SSSR count). The van der Waals surface area contributed by atoms with E-state index in [1.807, 2.05) is 18.2 Å². The fourth-order valence-electron chi connectivity index (χ4n) is 5.12. The molecule has 2 unspecified atom stereocenters. The highest BCUT2D eigenvalue weighted by molar-refractivity contribution is 5.85. The van der Waals surface area contributed by atoms with Crippen LogP contribution in [0.25, 0.3) is 0 Å². The molecule has 2 atom stereocenters. The number of piperidine rings is 1. The van der Waals surface area contributed by atoms with Crippen LogP contribution < -0.4 is 14.8 Å². The smallest absolute Gasteiger partial charge is 0.222 e. The summed E-state index contributed by atoms with van der Waals surface area (Å²) in [5.74, 6) is 2.66. The fourth-order valence-corrected chi connectivity index (χ4v) is 5.12. The van der Waals surface area contributed by atoms with Crippen LogP contribution in [-0.2, 0) is 11.3 Å². The Bertz CT molecular complexity index is 686. The average molecular weight is 460 g/mol. The molecular formula is C22H35Cl2N3O3. The van der Waals surface area contributed by atoms with Crippen molar-refractivity contribution in [2.75, 3.05) is 40.4 Å². The van der Waals surface area contributed by atoms with Crippen LogP contribution >= 0.6 is 24.8 Å². The number of benzene rings is 1. The van der Waals surface area contributed by atoms with Crippen molar-refractivity contribution in [2.45, 2.75) is 50.7 Å². The second-order valence-electron chi connectivity index (χ2n) is 8.51.